The van der Waals surface area contributed by atoms with Gasteiger partial charge in [0.15, 0.2) is 0 Å². The van der Waals surface area contributed by atoms with Crippen molar-refractivity contribution in [1.82, 2.24) is 26.7 Å². The van der Waals surface area contributed by atoms with Gasteiger partial charge in [-0.3, -0.25) is 0 Å². The Morgan fingerprint density at radius 2 is 1.12 bits per heavy atom. The first-order chi connectivity index (χ1) is 8.00. The zero-order valence-electron chi connectivity index (χ0n) is 9.89. The molecule has 0 bridgehead atoms. The summed E-state index contributed by atoms with van der Waals surface area (Å²) in [5.74, 6) is 0. The first kappa shape index (κ1) is 13.4. The molecule has 1 heterocycles. The Labute approximate surface area is 97.6 Å². The number of rotatable bonds is 0. The number of nitrogens with one attached hydrogen (secondary N) is 5. The first-order valence-corrected chi connectivity index (χ1v) is 6.07. The zero-order chi connectivity index (χ0) is 11.3. The van der Waals surface area contributed by atoms with Gasteiger partial charge in [0.05, 0.1) is 0 Å². The molecule has 1 aliphatic heterocycles. The van der Waals surface area contributed by atoms with Crippen molar-refractivity contribution < 1.29 is 0 Å². The largest absolute Gasteiger partial charge is 0.314 e. The summed E-state index contributed by atoms with van der Waals surface area (Å²) in [5.41, 5.74) is 3.00. The molecule has 0 fully saturated rings. The molecule has 0 aromatic rings. The van der Waals surface area contributed by atoms with Crippen molar-refractivity contribution in [2.24, 2.45) is 5.10 Å². The molecule has 0 aromatic heterocycles. The average molecular weight is 228 g/mol. The Hall–Kier alpha value is -0.690. The highest BCUT2D eigenvalue weighted by Gasteiger charge is 1.90. The van der Waals surface area contributed by atoms with Gasteiger partial charge >= 0.3 is 0 Å². The second-order valence-electron chi connectivity index (χ2n) is 3.67. The fourth-order valence-corrected chi connectivity index (χ4v) is 1.39. The van der Waals surface area contributed by atoms with Crippen molar-refractivity contribution >= 4 is 6.21 Å². The van der Waals surface area contributed by atoms with Crippen LogP contribution in [0.4, 0.5) is 0 Å². The number of hydrazone groups is 1. The zero-order valence-corrected chi connectivity index (χ0v) is 9.89. The second kappa shape index (κ2) is 10.8. The van der Waals surface area contributed by atoms with E-state index in [0.717, 1.165) is 58.9 Å². The topological polar surface area (TPSA) is 72.5 Å². The van der Waals surface area contributed by atoms with Crippen molar-refractivity contribution in [3.8, 4) is 0 Å². The molecule has 1 aliphatic rings. The molecule has 16 heavy (non-hydrogen) atoms. The summed E-state index contributed by atoms with van der Waals surface area (Å²) in [7, 11) is 0. The highest BCUT2D eigenvalue weighted by molar-refractivity contribution is 5.59. The lowest BCUT2D eigenvalue weighted by Gasteiger charge is -2.08. The van der Waals surface area contributed by atoms with Gasteiger partial charge in [-0.15, -0.1) is 0 Å². The monoisotopic (exact) mass is 228 g/mol. The van der Waals surface area contributed by atoms with Gasteiger partial charge in [-0.05, 0) is 0 Å². The van der Waals surface area contributed by atoms with Gasteiger partial charge in [-0.2, -0.15) is 5.10 Å². The van der Waals surface area contributed by atoms with E-state index in [2.05, 4.69) is 31.8 Å². The molecule has 1 rings (SSSR count). The lowest BCUT2D eigenvalue weighted by atomic mass is 10.5. The minimum Gasteiger partial charge on any atom is -0.314 e. The van der Waals surface area contributed by atoms with E-state index in [1.807, 2.05) is 6.21 Å². The molecule has 0 amide bonds. The van der Waals surface area contributed by atoms with Crippen LogP contribution in [0.15, 0.2) is 5.10 Å². The lowest BCUT2D eigenvalue weighted by molar-refractivity contribution is 0.563. The Balaban J connectivity index is 2.07. The van der Waals surface area contributed by atoms with E-state index in [4.69, 9.17) is 0 Å². The predicted octanol–water partition coefficient (Wildman–Crippen LogP) is -2.07. The van der Waals surface area contributed by atoms with Gasteiger partial charge in [0.25, 0.3) is 0 Å². The van der Waals surface area contributed by atoms with E-state index in [1.54, 1.807) is 0 Å². The summed E-state index contributed by atoms with van der Waals surface area (Å²) >= 11 is 0. The van der Waals surface area contributed by atoms with Gasteiger partial charge in [0.1, 0.15) is 0 Å². The van der Waals surface area contributed by atoms with Crippen LogP contribution in [0.25, 0.3) is 0 Å². The fourth-order valence-electron chi connectivity index (χ4n) is 1.39. The number of hydrogen-bond donors (Lipinski definition) is 5. The normalized spacial score (nSPS) is 22.5. The molecule has 94 valence electrons. The Kier molecular flexibility index (Phi) is 9.04. The summed E-state index contributed by atoms with van der Waals surface area (Å²) in [6.07, 6.45) is 1.87. The SMILES string of the molecule is C1=NNCCNCCNCCNCCNC1. The van der Waals surface area contributed by atoms with E-state index < -0.39 is 0 Å². The van der Waals surface area contributed by atoms with Crippen LogP contribution in [0.1, 0.15) is 0 Å². The minimum absolute atomic E-state index is 0.820. The molecule has 0 radical (unpaired) electrons. The molecule has 0 aromatic carbocycles. The van der Waals surface area contributed by atoms with Gasteiger partial charge in [-0.25, -0.2) is 0 Å². The maximum Gasteiger partial charge on any atom is 0.0454 e. The smallest absolute Gasteiger partial charge is 0.0454 e. The van der Waals surface area contributed by atoms with Gasteiger partial charge < -0.3 is 26.7 Å². The van der Waals surface area contributed by atoms with E-state index in [9.17, 15) is 0 Å². The van der Waals surface area contributed by atoms with Crippen LogP contribution in [-0.2, 0) is 0 Å². The summed E-state index contributed by atoms with van der Waals surface area (Å²) in [6.45, 7) is 8.70. The third kappa shape index (κ3) is 8.60. The van der Waals surface area contributed by atoms with Gasteiger partial charge in [-0.1, -0.05) is 0 Å². The summed E-state index contributed by atoms with van der Waals surface area (Å²) in [4.78, 5) is 0. The van der Waals surface area contributed by atoms with Crippen LogP contribution >= 0.6 is 0 Å². The second-order valence-corrected chi connectivity index (χ2v) is 3.67. The molecule has 0 saturated heterocycles. The molecule has 0 atom stereocenters. The summed E-state index contributed by atoms with van der Waals surface area (Å²) in [6, 6.07) is 0. The van der Waals surface area contributed by atoms with Crippen molar-refractivity contribution in [2.45, 2.75) is 0 Å². The lowest BCUT2D eigenvalue weighted by Crippen LogP contribution is -2.36. The van der Waals surface area contributed by atoms with Crippen molar-refractivity contribution in [2.75, 3.05) is 58.9 Å². The van der Waals surface area contributed by atoms with E-state index in [1.165, 1.54) is 0 Å². The Morgan fingerprint density at radius 3 is 1.75 bits per heavy atom. The summed E-state index contributed by atoms with van der Waals surface area (Å²) in [5, 5.41) is 17.4. The van der Waals surface area contributed by atoms with Crippen LogP contribution in [0.3, 0.4) is 0 Å². The highest BCUT2D eigenvalue weighted by Crippen LogP contribution is 1.65. The maximum atomic E-state index is 4.09. The molecule has 0 spiro atoms. The van der Waals surface area contributed by atoms with E-state index in [-0.39, 0.29) is 0 Å². The van der Waals surface area contributed by atoms with E-state index in [0.29, 0.717) is 0 Å². The van der Waals surface area contributed by atoms with Crippen LogP contribution in [-0.4, -0.2) is 65.1 Å². The van der Waals surface area contributed by atoms with Crippen molar-refractivity contribution in [1.29, 1.82) is 0 Å². The van der Waals surface area contributed by atoms with Crippen LogP contribution < -0.4 is 26.7 Å². The molecule has 0 saturated carbocycles. The first-order valence-electron chi connectivity index (χ1n) is 6.07. The van der Waals surface area contributed by atoms with Gasteiger partial charge in [0.2, 0.25) is 0 Å². The molecule has 0 unspecified atom stereocenters. The van der Waals surface area contributed by atoms with Crippen LogP contribution in [0, 0.1) is 0 Å². The molecule has 6 heteroatoms. The average Bonchev–Trinajstić information content (AvgIpc) is 2.29. The van der Waals surface area contributed by atoms with Crippen molar-refractivity contribution in [3.05, 3.63) is 0 Å². The number of nitrogens with zero attached hydrogens (tertiary/aromatic N) is 1. The summed E-state index contributed by atoms with van der Waals surface area (Å²) < 4.78 is 0. The third-order valence-corrected chi connectivity index (χ3v) is 2.27. The molecular weight excluding hydrogens is 204 g/mol. The molecule has 6 nitrogen and oxygen atoms in total. The Morgan fingerprint density at radius 1 is 0.625 bits per heavy atom. The van der Waals surface area contributed by atoms with Crippen LogP contribution in [0.2, 0.25) is 0 Å². The number of hydrogen-bond acceptors (Lipinski definition) is 6. The molecular formula is C10H24N6. The maximum absolute atomic E-state index is 4.09. The fraction of sp³-hybridized carbons (Fsp3) is 0.900. The third-order valence-electron chi connectivity index (χ3n) is 2.27. The van der Waals surface area contributed by atoms with E-state index >= 15 is 0 Å². The van der Waals surface area contributed by atoms with Crippen LogP contribution in [0.5, 0.6) is 0 Å². The predicted molar refractivity (Wildman–Crippen MR) is 68.0 cm³/mol. The highest BCUT2D eigenvalue weighted by atomic mass is 15.3. The van der Waals surface area contributed by atoms with Gasteiger partial charge in [0, 0.05) is 65.1 Å². The molecule has 0 aliphatic carbocycles. The standard InChI is InChI=1S/C10H24N6/c1-2-12-4-6-14-8-10-16-15-9-7-13-5-3-11-1/h9,11-14,16H,1-8,10H2. The van der Waals surface area contributed by atoms with Crippen molar-refractivity contribution in [3.63, 3.8) is 0 Å². The quantitative estimate of drug-likeness (QED) is 0.330. The minimum atomic E-state index is 0.820. The Bertz CT molecular complexity index is 155. The molecule has 5 N–H and O–H groups in total.